The molecule has 0 N–H and O–H groups in total. The number of thiazole rings is 1. The largest absolute Gasteiger partial charge is 0.329 e. The molecule has 0 spiro atoms. The van der Waals surface area contributed by atoms with Crippen LogP contribution in [0.3, 0.4) is 0 Å². The van der Waals surface area contributed by atoms with Gasteiger partial charge in [0.15, 0.2) is 0 Å². The van der Waals surface area contributed by atoms with Crippen molar-refractivity contribution in [3.8, 4) is 5.13 Å². The molecule has 4 aromatic rings. The average molecular weight is 451 g/mol. The number of nitrogens with zero attached hydrogens (tertiary/aromatic N) is 4. The highest BCUT2D eigenvalue weighted by Crippen LogP contribution is 2.28. The smallest absolute Gasteiger partial charge is 0.266 e. The van der Waals surface area contributed by atoms with Gasteiger partial charge in [-0.15, -0.1) is 0 Å². The van der Waals surface area contributed by atoms with Crippen LogP contribution in [0.1, 0.15) is 37.9 Å². The van der Waals surface area contributed by atoms with Crippen molar-refractivity contribution >= 4 is 28.8 Å². The van der Waals surface area contributed by atoms with Crippen molar-refractivity contribution in [2.24, 2.45) is 0 Å². The normalized spacial score (nSPS) is 11.0. The van der Waals surface area contributed by atoms with Gasteiger partial charge in [-0.1, -0.05) is 83.6 Å². The molecule has 0 aliphatic heterocycles. The van der Waals surface area contributed by atoms with Gasteiger partial charge in [0.1, 0.15) is 4.88 Å². The second-order valence-corrected chi connectivity index (χ2v) is 8.80. The fourth-order valence-corrected chi connectivity index (χ4v) is 4.59. The highest BCUT2D eigenvalue weighted by atomic mass is 35.5. The SMILES string of the molecule is Cc1nc(-n2nc(C)c(Cl)c2C)sc1C(=O)N(Cc1ccccc1)Cc1ccccc1. The molecular formula is C24H23ClN4OS. The van der Waals surface area contributed by atoms with Crippen molar-refractivity contribution in [1.82, 2.24) is 19.7 Å². The molecule has 1 amide bonds. The number of rotatable bonds is 6. The molecule has 2 heterocycles. The Kier molecular flexibility index (Phi) is 6.20. The third kappa shape index (κ3) is 4.55. The molecule has 7 heteroatoms. The molecular weight excluding hydrogens is 428 g/mol. The van der Waals surface area contributed by atoms with Gasteiger partial charge in [-0.05, 0) is 31.9 Å². The van der Waals surface area contributed by atoms with E-state index in [1.54, 1.807) is 4.68 Å². The highest BCUT2D eigenvalue weighted by molar-refractivity contribution is 7.16. The van der Waals surface area contributed by atoms with E-state index in [1.807, 2.05) is 86.3 Å². The number of benzene rings is 2. The Hall–Kier alpha value is -2.96. The van der Waals surface area contributed by atoms with E-state index in [2.05, 4.69) is 10.1 Å². The van der Waals surface area contributed by atoms with E-state index in [0.29, 0.717) is 33.8 Å². The molecule has 0 atom stereocenters. The first-order valence-corrected chi connectivity index (χ1v) is 11.2. The Morgan fingerprint density at radius 2 is 1.48 bits per heavy atom. The monoisotopic (exact) mass is 450 g/mol. The molecule has 2 aromatic heterocycles. The topological polar surface area (TPSA) is 51.0 Å². The molecule has 0 radical (unpaired) electrons. The van der Waals surface area contributed by atoms with Gasteiger partial charge in [0.25, 0.3) is 5.91 Å². The molecule has 2 aromatic carbocycles. The lowest BCUT2D eigenvalue weighted by Gasteiger charge is -2.22. The minimum Gasteiger partial charge on any atom is -0.329 e. The van der Waals surface area contributed by atoms with E-state index in [-0.39, 0.29) is 5.91 Å². The summed E-state index contributed by atoms with van der Waals surface area (Å²) in [7, 11) is 0. The fraction of sp³-hybridized carbons (Fsp3) is 0.208. The van der Waals surface area contributed by atoms with Crippen molar-refractivity contribution < 1.29 is 4.79 Å². The first kappa shape index (κ1) is 21.3. The van der Waals surface area contributed by atoms with E-state index in [1.165, 1.54) is 11.3 Å². The van der Waals surface area contributed by atoms with Crippen LogP contribution in [0.2, 0.25) is 5.02 Å². The summed E-state index contributed by atoms with van der Waals surface area (Å²) >= 11 is 7.65. The summed E-state index contributed by atoms with van der Waals surface area (Å²) in [5.74, 6) is -0.0402. The van der Waals surface area contributed by atoms with Crippen molar-refractivity contribution in [2.75, 3.05) is 0 Å². The van der Waals surface area contributed by atoms with E-state index in [0.717, 1.165) is 22.5 Å². The van der Waals surface area contributed by atoms with Crippen LogP contribution in [-0.4, -0.2) is 25.6 Å². The summed E-state index contributed by atoms with van der Waals surface area (Å²) in [5, 5.41) is 5.75. The van der Waals surface area contributed by atoms with E-state index in [9.17, 15) is 4.79 Å². The van der Waals surface area contributed by atoms with Crippen molar-refractivity contribution in [3.63, 3.8) is 0 Å². The molecule has 5 nitrogen and oxygen atoms in total. The molecule has 158 valence electrons. The van der Waals surface area contributed by atoms with Gasteiger partial charge in [-0.2, -0.15) is 5.10 Å². The van der Waals surface area contributed by atoms with Gasteiger partial charge in [0, 0.05) is 13.1 Å². The summed E-state index contributed by atoms with van der Waals surface area (Å²) in [6.45, 7) is 6.67. The molecule has 0 saturated heterocycles. The molecule has 4 rings (SSSR count). The van der Waals surface area contributed by atoms with Crippen LogP contribution >= 0.6 is 22.9 Å². The maximum Gasteiger partial charge on any atom is 0.266 e. The van der Waals surface area contributed by atoms with Crippen LogP contribution in [0.25, 0.3) is 5.13 Å². The first-order valence-electron chi connectivity index (χ1n) is 10.0. The molecule has 0 aliphatic rings. The molecule has 31 heavy (non-hydrogen) atoms. The third-order valence-electron chi connectivity index (χ3n) is 5.08. The summed E-state index contributed by atoms with van der Waals surface area (Å²) in [4.78, 5) is 20.7. The number of carbonyl (C=O) groups excluding carboxylic acids is 1. The van der Waals surface area contributed by atoms with Crippen molar-refractivity contribution in [3.05, 3.63) is 98.8 Å². The van der Waals surface area contributed by atoms with Crippen LogP contribution < -0.4 is 0 Å². The summed E-state index contributed by atoms with van der Waals surface area (Å²) in [6.07, 6.45) is 0. The number of halogens is 1. The minimum atomic E-state index is -0.0402. The zero-order chi connectivity index (χ0) is 22.0. The maximum atomic E-state index is 13.6. The van der Waals surface area contributed by atoms with Crippen molar-refractivity contribution in [1.29, 1.82) is 0 Å². The van der Waals surface area contributed by atoms with Crippen LogP contribution in [0.4, 0.5) is 0 Å². The molecule has 0 saturated carbocycles. The first-order chi connectivity index (χ1) is 14.9. The highest BCUT2D eigenvalue weighted by Gasteiger charge is 2.24. The number of hydrogen-bond donors (Lipinski definition) is 0. The third-order valence-corrected chi connectivity index (χ3v) is 6.75. The number of carbonyl (C=O) groups is 1. The zero-order valence-corrected chi connectivity index (χ0v) is 19.2. The Morgan fingerprint density at radius 1 is 0.935 bits per heavy atom. The second kappa shape index (κ2) is 9.04. The lowest BCUT2D eigenvalue weighted by molar-refractivity contribution is 0.0734. The average Bonchev–Trinajstić information content (AvgIpc) is 3.29. The summed E-state index contributed by atoms with van der Waals surface area (Å²) in [6, 6.07) is 20.1. The zero-order valence-electron chi connectivity index (χ0n) is 17.7. The van der Waals surface area contributed by atoms with Crippen molar-refractivity contribution in [2.45, 2.75) is 33.9 Å². The standard InChI is InChI=1S/C24H23ClN4OS/c1-16-21(25)18(3)29(27-16)24-26-17(2)22(31-24)23(30)28(14-19-10-6-4-7-11-19)15-20-12-8-5-9-13-20/h4-13H,14-15H2,1-3H3. The van der Waals surface area contributed by atoms with Gasteiger partial charge >= 0.3 is 0 Å². The number of aryl methyl sites for hydroxylation is 2. The predicted molar refractivity (Wildman–Crippen MR) is 125 cm³/mol. The summed E-state index contributed by atoms with van der Waals surface area (Å²) in [5.41, 5.74) is 4.42. The maximum absolute atomic E-state index is 13.6. The van der Waals surface area contributed by atoms with E-state index < -0.39 is 0 Å². The van der Waals surface area contributed by atoms with Gasteiger partial charge < -0.3 is 4.90 Å². The minimum absolute atomic E-state index is 0.0402. The predicted octanol–water partition coefficient (Wildman–Crippen LogP) is 5.75. The van der Waals surface area contributed by atoms with Crippen LogP contribution in [-0.2, 0) is 13.1 Å². The van der Waals surface area contributed by atoms with Crippen LogP contribution in [0.15, 0.2) is 60.7 Å². The van der Waals surface area contributed by atoms with Gasteiger partial charge in [0.2, 0.25) is 5.13 Å². The number of hydrogen-bond acceptors (Lipinski definition) is 4. The quantitative estimate of drug-likeness (QED) is 0.375. The fourth-order valence-electron chi connectivity index (χ4n) is 3.43. The second-order valence-electron chi connectivity index (χ2n) is 7.44. The molecule has 0 aliphatic carbocycles. The number of amides is 1. The Morgan fingerprint density at radius 3 is 1.97 bits per heavy atom. The lowest BCUT2D eigenvalue weighted by atomic mass is 10.1. The van der Waals surface area contributed by atoms with E-state index in [4.69, 9.17) is 11.6 Å². The summed E-state index contributed by atoms with van der Waals surface area (Å²) < 4.78 is 1.71. The molecule has 0 unspecified atom stereocenters. The van der Waals surface area contributed by atoms with Crippen LogP contribution in [0.5, 0.6) is 0 Å². The van der Waals surface area contributed by atoms with Gasteiger partial charge in [0.05, 0.1) is 22.1 Å². The molecule has 0 fully saturated rings. The Labute approximate surface area is 190 Å². The lowest BCUT2D eigenvalue weighted by Crippen LogP contribution is -2.30. The van der Waals surface area contributed by atoms with Crippen LogP contribution in [0, 0.1) is 20.8 Å². The number of aromatic nitrogens is 3. The molecule has 0 bridgehead atoms. The Bertz CT molecular complexity index is 1160. The van der Waals surface area contributed by atoms with Gasteiger partial charge in [-0.3, -0.25) is 4.79 Å². The van der Waals surface area contributed by atoms with E-state index >= 15 is 0 Å². The van der Waals surface area contributed by atoms with Gasteiger partial charge in [-0.25, -0.2) is 9.67 Å². The Balaban J connectivity index is 1.67.